The van der Waals surface area contributed by atoms with Crippen LogP contribution >= 0.6 is 0 Å². The third-order valence-corrected chi connectivity index (χ3v) is 3.36. The number of aliphatic hydroxyl groups is 1. The Bertz CT molecular complexity index is 388. The topological polar surface area (TPSA) is 67.5 Å². The van der Waals surface area contributed by atoms with Gasteiger partial charge in [0.15, 0.2) is 0 Å². The van der Waals surface area contributed by atoms with Crippen LogP contribution in [0.5, 0.6) is 0 Å². The molecule has 1 heterocycles. The highest BCUT2D eigenvalue weighted by atomic mass is 16.5. The molecule has 1 aromatic carbocycles. The molecule has 4 heteroatoms. The molecule has 0 spiro atoms. The fraction of sp³-hybridized carbons (Fsp3) is 0.538. The summed E-state index contributed by atoms with van der Waals surface area (Å²) in [6.07, 6.45) is 0.541. The van der Waals surface area contributed by atoms with Gasteiger partial charge in [-0.05, 0) is 37.6 Å². The minimum Gasteiger partial charge on any atom is -0.399 e. The number of aryl methyl sites for hydroxylation is 1. The standard InChI is InChI=1S/C13H20N2O2/c1-9-5-11(14)7-12(6-9)15-8-13(16)3-4-17-10(13)2/h5-7,10,15-16H,3-4,8,14H2,1-2H3. The zero-order valence-corrected chi connectivity index (χ0v) is 10.4. The van der Waals surface area contributed by atoms with E-state index in [4.69, 9.17) is 10.5 Å². The molecule has 1 saturated heterocycles. The summed E-state index contributed by atoms with van der Waals surface area (Å²) in [5.41, 5.74) is 7.78. The SMILES string of the molecule is Cc1cc(N)cc(NCC2(O)CCOC2C)c1. The van der Waals surface area contributed by atoms with E-state index in [0.29, 0.717) is 19.6 Å². The largest absolute Gasteiger partial charge is 0.399 e. The summed E-state index contributed by atoms with van der Waals surface area (Å²) in [5.74, 6) is 0. The monoisotopic (exact) mass is 236 g/mol. The van der Waals surface area contributed by atoms with Gasteiger partial charge in [-0.2, -0.15) is 0 Å². The van der Waals surface area contributed by atoms with E-state index in [1.807, 2.05) is 32.0 Å². The fourth-order valence-corrected chi connectivity index (χ4v) is 2.17. The van der Waals surface area contributed by atoms with E-state index in [0.717, 1.165) is 16.9 Å². The lowest BCUT2D eigenvalue weighted by Crippen LogP contribution is -2.43. The van der Waals surface area contributed by atoms with Crippen LogP contribution in [0.15, 0.2) is 18.2 Å². The Hall–Kier alpha value is -1.26. The summed E-state index contributed by atoms with van der Waals surface area (Å²) in [5, 5.41) is 13.6. The molecule has 4 N–H and O–H groups in total. The number of ether oxygens (including phenoxy) is 1. The first-order valence-electron chi connectivity index (χ1n) is 5.95. The lowest BCUT2D eigenvalue weighted by atomic mass is 9.96. The van der Waals surface area contributed by atoms with Crippen molar-refractivity contribution in [1.82, 2.24) is 0 Å². The third kappa shape index (κ3) is 2.70. The number of benzene rings is 1. The summed E-state index contributed by atoms with van der Waals surface area (Å²) < 4.78 is 5.39. The average Bonchev–Trinajstić information content (AvgIpc) is 2.56. The first kappa shape index (κ1) is 12.2. The van der Waals surface area contributed by atoms with Gasteiger partial charge in [0, 0.05) is 30.9 Å². The molecule has 0 aliphatic carbocycles. The molecule has 1 fully saturated rings. The third-order valence-electron chi connectivity index (χ3n) is 3.36. The Kier molecular flexibility index (Phi) is 3.26. The Morgan fingerprint density at radius 1 is 1.53 bits per heavy atom. The fourth-order valence-electron chi connectivity index (χ4n) is 2.17. The van der Waals surface area contributed by atoms with E-state index in [1.165, 1.54) is 0 Å². The van der Waals surface area contributed by atoms with Crippen LogP contribution in [0.4, 0.5) is 11.4 Å². The number of nitrogen functional groups attached to an aromatic ring is 1. The van der Waals surface area contributed by atoms with Gasteiger partial charge in [-0.1, -0.05) is 0 Å². The van der Waals surface area contributed by atoms with Crippen LogP contribution in [0.25, 0.3) is 0 Å². The Morgan fingerprint density at radius 2 is 2.29 bits per heavy atom. The van der Waals surface area contributed by atoms with E-state index >= 15 is 0 Å². The number of hydrogen-bond acceptors (Lipinski definition) is 4. The quantitative estimate of drug-likeness (QED) is 0.696. The van der Waals surface area contributed by atoms with Crippen molar-refractivity contribution in [2.75, 3.05) is 24.2 Å². The van der Waals surface area contributed by atoms with Crippen LogP contribution in [-0.2, 0) is 4.74 Å². The van der Waals surface area contributed by atoms with Crippen LogP contribution in [0.2, 0.25) is 0 Å². The highest BCUT2D eigenvalue weighted by Gasteiger charge is 2.39. The van der Waals surface area contributed by atoms with Crippen LogP contribution in [0.3, 0.4) is 0 Å². The maximum atomic E-state index is 10.3. The first-order valence-corrected chi connectivity index (χ1v) is 5.95. The molecule has 17 heavy (non-hydrogen) atoms. The van der Waals surface area contributed by atoms with Gasteiger partial charge in [-0.25, -0.2) is 0 Å². The van der Waals surface area contributed by atoms with Gasteiger partial charge in [0.05, 0.1) is 6.10 Å². The highest BCUT2D eigenvalue weighted by Crippen LogP contribution is 2.26. The number of nitrogens with one attached hydrogen (secondary N) is 1. The van der Waals surface area contributed by atoms with E-state index in [9.17, 15) is 5.11 Å². The average molecular weight is 236 g/mol. The number of nitrogens with two attached hydrogens (primary N) is 1. The molecule has 0 radical (unpaired) electrons. The predicted molar refractivity (Wildman–Crippen MR) is 69.1 cm³/mol. The van der Waals surface area contributed by atoms with E-state index in [2.05, 4.69) is 5.32 Å². The molecule has 1 aliphatic rings. The Labute approximate surface area is 102 Å². The van der Waals surface area contributed by atoms with Gasteiger partial charge in [0.2, 0.25) is 0 Å². The lowest BCUT2D eigenvalue weighted by molar-refractivity contribution is -0.0175. The van der Waals surface area contributed by atoms with Gasteiger partial charge in [0.25, 0.3) is 0 Å². The van der Waals surface area contributed by atoms with Crippen molar-refractivity contribution in [2.24, 2.45) is 0 Å². The van der Waals surface area contributed by atoms with E-state index in [1.54, 1.807) is 0 Å². The summed E-state index contributed by atoms with van der Waals surface area (Å²) >= 11 is 0. The molecule has 1 aromatic rings. The van der Waals surface area contributed by atoms with Crippen molar-refractivity contribution in [1.29, 1.82) is 0 Å². The summed E-state index contributed by atoms with van der Waals surface area (Å²) in [6, 6.07) is 5.80. The highest BCUT2D eigenvalue weighted by molar-refractivity contribution is 5.56. The molecule has 94 valence electrons. The molecule has 0 saturated carbocycles. The zero-order valence-electron chi connectivity index (χ0n) is 10.4. The maximum absolute atomic E-state index is 10.3. The predicted octanol–water partition coefficient (Wildman–Crippen LogP) is 1.53. The molecule has 1 aliphatic heterocycles. The van der Waals surface area contributed by atoms with Gasteiger partial charge < -0.3 is 20.9 Å². The van der Waals surface area contributed by atoms with Crippen molar-refractivity contribution in [3.63, 3.8) is 0 Å². The lowest BCUT2D eigenvalue weighted by Gasteiger charge is -2.26. The molecule has 0 bridgehead atoms. The number of rotatable bonds is 3. The maximum Gasteiger partial charge on any atom is 0.110 e. The Morgan fingerprint density at radius 3 is 2.88 bits per heavy atom. The molecule has 2 unspecified atom stereocenters. The molecule has 4 nitrogen and oxygen atoms in total. The van der Waals surface area contributed by atoms with E-state index in [-0.39, 0.29) is 6.10 Å². The minimum absolute atomic E-state index is 0.128. The van der Waals surface area contributed by atoms with Crippen LogP contribution < -0.4 is 11.1 Å². The molecule has 2 rings (SSSR count). The van der Waals surface area contributed by atoms with Crippen LogP contribution in [0, 0.1) is 6.92 Å². The van der Waals surface area contributed by atoms with Gasteiger partial charge in [-0.3, -0.25) is 0 Å². The summed E-state index contributed by atoms with van der Waals surface area (Å²) in [4.78, 5) is 0. The molecular formula is C13H20N2O2. The summed E-state index contributed by atoms with van der Waals surface area (Å²) in [6.45, 7) is 5.00. The molecule has 2 atom stereocenters. The van der Waals surface area contributed by atoms with Gasteiger partial charge in [-0.15, -0.1) is 0 Å². The molecule has 0 aromatic heterocycles. The second-order valence-corrected chi connectivity index (χ2v) is 4.85. The summed E-state index contributed by atoms with van der Waals surface area (Å²) in [7, 11) is 0. The second kappa shape index (κ2) is 4.55. The van der Waals surface area contributed by atoms with Crippen molar-refractivity contribution < 1.29 is 9.84 Å². The molecular weight excluding hydrogens is 216 g/mol. The van der Waals surface area contributed by atoms with E-state index < -0.39 is 5.60 Å². The van der Waals surface area contributed by atoms with Crippen LogP contribution in [0.1, 0.15) is 18.9 Å². The second-order valence-electron chi connectivity index (χ2n) is 4.85. The Balaban J connectivity index is 2.02. The molecule has 0 amide bonds. The normalized spacial score (nSPS) is 28.3. The van der Waals surface area contributed by atoms with Crippen LogP contribution in [-0.4, -0.2) is 30.0 Å². The number of hydrogen-bond donors (Lipinski definition) is 3. The van der Waals surface area contributed by atoms with Gasteiger partial charge in [0.1, 0.15) is 5.60 Å². The minimum atomic E-state index is -0.779. The van der Waals surface area contributed by atoms with Gasteiger partial charge >= 0.3 is 0 Å². The van der Waals surface area contributed by atoms with Crippen molar-refractivity contribution in [2.45, 2.75) is 32.0 Å². The smallest absolute Gasteiger partial charge is 0.110 e. The zero-order chi connectivity index (χ0) is 12.5. The van der Waals surface area contributed by atoms with Crippen molar-refractivity contribution in [3.8, 4) is 0 Å². The van der Waals surface area contributed by atoms with Crippen molar-refractivity contribution in [3.05, 3.63) is 23.8 Å². The van der Waals surface area contributed by atoms with Crippen molar-refractivity contribution >= 4 is 11.4 Å². The number of anilines is 2. The first-order chi connectivity index (χ1) is 7.99.